The molecule has 0 heterocycles. The van der Waals surface area contributed by atoms with Crippen LogP contribution in [0.5, 0.6) is 0 Å². The van der Waals surface area contributed by atoms with Crippen LogP contribution in [0, 0.1) is 23.7 Å². The zero-order chi connectivity index (χ0) is 6.55. The average molecular weight is 136 g/mol. The SMILES string of the molecule is C1C[C@@H]2CC[C@@H]3C[C@@H]3[C@@H]2C1. The summed E-state index contributed by atoms with van der Waals surface area (Å²) in [5, 5.41) is 0. The Morgan fingerprint density at radius 3 is 2.60 bits per heavy atom. The molecular formula is C10H16. The summed E-state index contributed by atoms with van der Waals surface area (Å²) in [5.74, 6) is 4.82. The molecule has 3 saturated carbocycles. The number of hydrogen-bond donors (Lipinski definition) is 0. The van der Waals surface area contributed by atoms with E-state index in [-0.39, 0.29) is 0 Å². The van der Waals surface area contributed by atoms with Gasteiger partial charge in [-0.1, -0.05) is 12.8 Å². The third kappa shape index (κ3) is 0.627. The molecule has 3 aliphatic rings. The molecule has 0 spiro atoms. The van der Waals surface area contributed by atoms with E-state index in [4.69, 9.17) is 0 Å². The Balaban J connectivity index is 1.83. The summed E-state index contributed by atoms with van der Waals surface area (Å²) in [7, 11) is 0. The van der Waals surface area contributed by atoms with Gasteiger partial charge in [0.25, 0.3) is 0 Å². The maximum atomic E-state index is 1.61. The summed E-state index contributed by atoms with van der Waals surface area (Å²) in [4.78, 5) is 0. The van der Waals surface area contributed by atoms with Crippen molar-refractivity contribution in [2.75, 3.05) is 0 Å². The molecule has 0 amide bonds. The van der Waals surface area contributed by atoms with Crippen molar-refractivity contribution >= 4 is 0 Å². The van der Waals surface area contributed by atoms with Crippen molar-refractivity contribution in [3.63, 3.8) is 0 Å². The van der Waals surface area contributed by atoms with Gasteiger partial charge in [-0.05, 0) is 49.4 Å². The summed E-state index contributed by atoms with van der Waals surface area (Å²) in [6, 6.07) is 0. The lowest BCUT2D eigenvalue weighted by molar-refractivity contribution is 0.259. The molecule has 0 N–H and O–H groups in total. The number of fused-ring (bicyclic) bond motifs is 3. The van der Waals surface area contributed by atoms with Crippen LogP contribution in [0.2, 0.25) is 0 Å². The Kier molecular flexibility index (Phi) is 1.00. The van der Waals surface area contributed by atoms with Gasteiger partial charge in [-0.15, -0.1) is 0 Å². The summed E-state index contributed by atoms with van der Waals surface area (Å²) in [6.45, 7) is 0. The Morgan fingerprint density at radius 1 is 0.700 bits per heavy atom. The summed E-state index contributed by atoms with van der Waals surface area (Å²) < 4.78 is 0. The van der Waals surface area contributed by atoms with Gasteiger partial charge in [-0.3, -0.25) is 0 Å². The van der Waals surface area contributed by atoms with Crippen LogP contribution in [0.4, 0.5) is 0 Å². The molecule has 0 radical (unpaired) electrons. The molecule has 3 aliphatic carbocycles. The van der Waals surface area contributed by atoms with Crippen LogP contribution in [0.1, 0.15) is 38.5 Å². The van der Waals surface area contributed by atoms with Gasteiger partial charge in [0.05, 0.1) is 0 Å². The first kappa shape index (κ1) is 5.62. The zero-order valence-electron chi connectivity index (χ0n) is 6.55. The second-order valence-corrected chi connectivity index (χ2v) is 4.59. The van der Waals surface area contributed by atoms with E-state index < -0.39 is 0 Å². The third-order valence-corrected chi connectivity index (χ3v) is 4.15. The molecule has 56 valence electrons. The minimum Gasteiger partial charge on any atom is -0.0527 e. The summed E-state index contributed by atoms with van der Waals surface area (Å²) in [6.07, 6.45) is 9.51. The van der Waals surface area contributed by atoms with Gasteiger partial charge >= 0.3 is 0 Å². The molecular weight excluding hydrogens is 120 g/mol. The van der Waals surface area contributed by atoms with Crippen LogP contribution in [0.25, 0.3) is 0 Å². The van der Waals surface area contributed by atoms with Gasteiger partial charge < -0.3 is 0 Å². The van der Waals surface area contributed by atoms with Gasteiger partial charge in [-0.2, -0.15) is 0 Å². The first-order valence-corrected chi connectivity index (χ1v) is 4.95. The Labute approximate surface area is 63.0 Å². The Morgan fingerprint density at radius 2 is 1.60 bits per heavy atom. The zero-order valence-corrected chi connectivity index (χ0v) is 6.55. The van der Waals surface area contributed by atoms with E-state index in [1.54, 1.807) is 38.5 Å². The second-order valence-electron chi connectivity index (χ2n) is 4.59. The van der Waals surface area contributed by atoms with Crippen molar-refractivity contribution in [3.8, 4) is 0 Å². The van der Waals surface area contributed by atoms with E-state index in [1.807, 2.05) is 0 Å². The third-order valence-electron chi connectivity index (χ3n) is 4.15. The summed E-state index contributed by atoms with van der Waals surface area (Å²) >= 11 is 0. The van der Waals surface area contributed by atoms with E-state index in [9.17, 15) is 0 Å². The van der Waals surface area contributed by atoms with Crippen LogP contribution < -0.4 is 0 Å². The van der Waals surface area contributed by atoms with Crippen LogP contribution in [-0.2, 0) is 0 Å². The largest absolute Gasteiger partial charge is 0.0527 e. The first-order chi connectivity index (χ1) is 4.95. The lowest BCUT2D eigenvalue weighted by atomic mass is 9.82. The molecule has 0 nitrogen and oxygen atoms in total. The standard InChI is InChI=1S/C10H16/c1-2-7-4-5-8-6-10(8)9(7)3-1/h7-10H,1-6H2/t7-,8-,9-,10+/m1/s1. The molecule has 0 saturated heterocycles. The fourth-order valence-electron chi connectivity index (χ4n) is 3.54. The van der Waals surface area contributed by atoms with Crippen molar-refractivity contribution in [1.82, 2.24) is 0 Å². The molecule has 0 heteroatoms. The normalized spacial score (nSPS) is 57.6. The highest BCUT2D eigenvalue weighted by Crippen LogP contribution is 2.59. The summed E-state index contributed by atoms with van der Waals surface area (Å²) in [5.41, 5.74) is 0. The van der Waals surface area contributed by atoms with Crippen LogP contribution in [-0.4, -0.2) is 0 Å². The van der Waals surface area contributed by atoms with Gasteiger partial charge in [0.1, 0.15) is 0 Å². The predicted molar refractivity (Wildman–Crippen MR) is 41.7 cm³/mol. The molecule has 0 aromatic heterocycles. The van der Waals surface area contributed by atoms with Gasteiger partial charge in [0, 0.05) is 0 Å². The number of hydrogen-bond acceptors (Lipinski definition) is 0. The average Bonchev–Trinajstić information content (AvgIpc) is 2.60. The molecule has 0 aromatic carbocycles. The highest BCUT2D eigenvalue weighted by Gasteiger charge is 2.50. The number of rotatable bonds is 0. The van der Waals surface area contributed by atoms with Gasteiger partial charge in [0.15, 0.2) is 0 Å². The Hall–Kier alpha value is 0. The van der Waals surface area contributed by atoms with Crippen molar-refractivity contribution in [1.29, 1.82) is 0 Å². The van der Waals surface area contributed by atoms with Crippen molar-refractivity contribution in [2.45, 2.75) is 38.5 Å². The van der Waals surface area contributed by atoms with E-state index >= 15 is 0 Å². The first-order valence-electron chi connectivity index (χ1n) is 4.95. The molecule has 3 rings (SSSR count). The molecule has 0 bridgehead atoms. The molecule has 0 aliphatic heterocycles. The van der Waals surface area contributed by atoms with Crippen LogP contribution in [0.15, 0.2) is 0 Å². The quantitative estimate of drug-likeness (QED) is 0.480. The monoisotopic (exact) mass is 136 g/mol. The highest BCUT2D eigenvalue weighted by molar-refractivity contribution is 5.00. The molecule has 3 fully saturated rings. The van der Waals surface area contributed by atoms with Gasteiger partial charge in [0.2, 0.25) is 0 Å². The lowest BCUT2D eigenvalue weighted by Crippen LogP contribution is -2.15. The van der Waals surface area contributed by atoms with Crippen molar-refractivity contribution in [2.24, 2.45) is 23.7 Å². The van der Waals surface area contributed by atoms with Crippen LogP contribution in [0.3, 0.4) is 0 Å². The van der Waals surface area contributed by atoms with E-state index in [0.29, 0.717) is 0 Å². The molecule has 10 heavy (non-hydrogen) atoms. The van der Waals surface area contributed by atoms with Crippen molar-refractivity contribution < 1.29 is 0 Å². The second kappa shape index (κ2) is 1.78. The van der Waals surface area contributed by atoms with Crippen LogP contribution >= 0.6 is 0 Å². The van der Waals surface area contributed by atoms with Crippen molar-refractivity contribution in [3.05, 3.63) is 0 Å². The highest BCUT2D eigenvalue weighted by atomic mass is 14.5. The smallest absolute Gasteiger partial charge is 0.0352 e. The fourth-order valence-corrected chi connectivity index (χ4v) is 3.54. The van der Waals surface area contributed by atoms with E-state index in [1.165, 1.54) is 23.7 Å². The fraction of sp³-hybridized carbons (Fsp3) is 1.00. The molecule has 0 unspecified atom stereocenters. The van der Waals surface area contributed by atoms with Gasteiger partial charge in [-0.25, -0.2) is 0 Å². The Bertz CT molecular complexity index is 150. The minimum absolute atomic E-state index is 1.18. The lowest BCUT2D eigenvalue weighted by Gasteiger charge is -2.24. The predicted octanol–water partition coefficient (Wildman–Crippen LogP) is 2.83. The van der Waals surface area contributed by atoms with E-state index in [2.05, 4.69) is 0 Å². The minimum atomic E-state index is 1.18. The molecule has 0 aromatic rings. The topological polar surface area (TPSA) is 0 Å². The maximum Gasteiger partial charge on any atom is -0.0352 e. The van der Waals surface area contributed by atoms with E-state index in [0.717, 1.165) is 0 Å². The molecule has 4 atom stereocenters. The maximum absolute atomic E-state index is 1.61.